The Morgan fingerprint density at radius 1 is 1.06 bits per heavy atom. The van der Waals surface area contributed by atoms with Gasteiger partial charge in [0.25, 0.3) is 0 Å². The second-order valence-corrected chi connectivity index (χ2v) is 9.37. The Morgan fingerprint density at radius 2 is 1.66 bits per heavy atom. The SMILES string of the molecule is C/C=C(\C)C(N(CCC(N)C(=O)NCCC(=O)NC(CCC(=O)O)C(=O)O)C(=O)CO)C(C)(C)C. The monoisotopic (exact) mass is 500 g/mol. The Hall–Kier alpha value is -2.99. The van der Waals surface area contributed by atoms with Gasteiger partial charge in [-0.1, -0.05) is 32.4 Å². The molecule has 12 heteroatoms. The van der Waals surface area contributed by atoms with E-state index in [-0.39, 0.29) is 43.8 Å². The van der Waals surface area contributed by atoms with Crippen molar-refractivity contribution in [3.05, 3.63) is 11.6 Å². The molecule has 12 nitrogen and oxygen atoms in total. The van der Waals surface area contributed by atoms with E-state index in [0.717, 1.165) is 5.57 Å². The number of nitrogens with zero attached hydrogens (tertiary/aromatic N) is 1. The third kappa shape index (κ3) is 11.8. The third-order valence-corrected chi connectivity index (χ3v) is 5.42. The van der Waals surface area contributed by atoms with Gasteiger partial charge in [0.05, 0.1) is 12.1 Å². The van der Waals surface area contributed by atoms with E-state index in [1.54, 1.807) is 0 Å². The topological polar surface area (TPSA) is 199 Å². The van der Waals surface area contributed by atoms with E-state index in [4.69, 9.17) is 15.9 Å². The number of carbonyl (C=O) groups is 5. The van der Waals surface area contributed by atoms with Crippen molar-refractivity contribution < 1.29 is 39.3 Å². The van der Waals surface area contributed by atoms with Gasteiger partial charge >= 0.3 is 11.9 Å². The Bertz CT molecular complexity index is 791. The van der Waals surface area contributed by atoms with Crippen molar-refractivity contribution in [2.75, 3.05) is 19.7 Å². The molecule has 0 radical (unpaired) electrons. The number of carboxylic acids is 2. The van der Waals surface area contributed by atoms with Crippen molar-refractivity contribution in [3.63, 3.8) is 0 Å². The minimum absolute atomic E-state index is 0.106. The second-order valence-electron chi connectivity index (χ2n) is 9.37. The largest absolute Gasteiger partial charge is 0.481 e. The maximum atomic E-state index is 12.5. The number of aliphatic hydroxyl groups excluding tert-OH is 1. The normalized spacial score (nSPS) is 14.4. The number of allylic oxidation sites excluding steroid dienone is 1. The van der Waals surface area contributed by atoms with Gasteiger partial charge in [0.2, 0.25) is 17.7 Å². The molecule has 3 amide bonds. The van der Waals surface area contributed by atoms with Gasteiger partial charge in [-0.25, -0.2) is 4.79 Å². The number of carbonyl (C=O) groups excluding carboxylic acids is 3. The first kappa shape index (κ1) is 32.0. The summed E-state index contributed by atoms with van der Waals surface area (Å²) in [6, 6.07) is -2.64. The molecule has 200 valence electrons. The van der Waals surface area contributed by atoms with Crippen molar-refractivity contribution in [1.82, 2.24) is 15.5 Å². The Labute approximate surface area is 205 Å². The molecule has 0 aromatic rings. The van der Waals surface area contributed by atoms with Gasteiger partial charge in [0, 0.05) is 25.9 Å². The number of hydrogen-bond acceptors (Lipinski definition) is 7. The Morgan fingerprint density at radius 3 is 2.11 bits per heavy atom. The molecule has 7 N–H and O–H groups in total. The molecule has 0 fully saturated rings. The molecule has 0 aromatic heterocycles. The number of nitrogens with one attached hydrogen (secondary N) is 2. The lowest BCUT2D eigenvalue weighted by molar-refractivity contribution is -0.143. The van der Waals surface area contributed by atoms with E-state index >= 15 is 0 Å². The molecule has 0 spiro atoms. The van der Waals surface area contributed by atoms with Crippen LogP contribution in [0.3, 0.4) is 0 Å². The Balaban J connectivity index is 4.90. The Kier molecular flexibility index (Phi) is 13.8. The maximum absolute atomic E-state index is 12.5. The molecular weight excluding hydrogens is 460 g/mol. The van der Waals surface area contributed by atoms with Crippen LogP contribution in [0.5, 0.6) is 0 Å². The highest BCUT2D eigenvalue weighted by Gasteiger charge is 2.34. The van der Waals surface area contributed by atoms with Crippen LogP contribution in [0.15, 0.2) is 11.6 Å². The predicted octanol–water partition coefficient (Wildman–Crippen LogP) is -0.154. The molecule has 0 aromatic carbocycles. The number of rotatable bonds is 15. The van der Waals surface area contributed by atoms with Gasteiger partial charge in [0.1, 0.15) is 12.6 Å². The minimum Gasteiger partial charge on any atom is -0.481 e. The average molecular weight is 501 g/mol. The lowest BCUT2D eigenvalue weighted by Gasteiger charge is -2.41. The summed E-state index contributed by atoms with van der Waals surface area (Å²) < 4.78 is 0. The fourth-order valence-electron chi connectivity index (χ4n) is 3.67. The van der Waals surface area contributed by atoms with Crippen molar-refractivity contribution >= 4 is 29.7 Å². The van der Waals surface area contributed by atoms with Crippen molar-refractivity contribution in [3.8, 4) is 0 Å². The van der Waals surface area contributed by atoms with Gasteiger partial charge in [-0.2, -0.15) is 0 Å². The fourth-order valence-corrected chi connectivity index (χ4v) is 3.67. The molecule has 0 saturated carbocycles. The fraction of sp³-hybridized carbons (Fsp3) is 0.696. The van der Waals surface area contributed by atoms with Crippen LogP contribution in [0, 0.1) is 5.41 Å². The van der Waals surface area contributed by atoms with E-state index in [9.17, 15) is 29.1 Å². The summed E-state index contributed by atoms with van der Waals surface area (Å²) in [6.07, 6.45) is 1.10. The summed E-state index contributed by atoms with van der Waals surface area (Å²) in [6.45, 7) is 9.00. The first-order valence-electron chi connectivity index (χ1n) is 11.5. The maximum Gasteiger partial charge on any atom is 0.326 e. The molecule has 35 heavy (non-hydrogen) atoms. The van der Waals surface area contributed by atoms with Crippen molar-refractivity contribution in [2.24, 2.45) is 11.1 Å². The van der Waals surface area contributed by atoms with Crippen LogP contribution in [0.4, 0.5) is 0 Å². The van der Waals surface area contributed by atoms with Crippen LogP contribution in [0.2, 0.25) is 0 Å². The van der Waals surface area contributed by atoms with E-state index in [1.807, 2.05) is 40.7 Å². The first-order valence-corrected chi connectivity index (χ1v) is 11.5. The van der Waals surface area contributed by atoms with Crippen LogP contribution in [-0.2, 0) is 24.0 Å². The van der Waals surface area contributed by atoms with Gasteiger partial charge in [0.15, 0.2) is 0 Å². The number of aliphatic hydroxyl groups is 1. The highest BCUT2D eigenvalue weighted by Crippen LogP contribution is 2.30. The highest BCUT2D eigenvalue weighted by atomic mass is 16.4. The molecular formula is C23H40N4O8. The summed E-state index contributed by atoms with van der Waals surface area (Å²) in [7, 11) is 0. The van der Waals surface area contributed by atoms with Crippen molar-refractivity contribution in [1.29, 1.82) is 0 Å². The zero-order valence-electron chi connectivity index (χ0n) is 21.2. The van der Waals surface area contributed by atoms with E-state index < -0.39 is 54.8 Å². The molecule has 0 aliphatic rings. The number of amides is 3. The van der Waals surface area contributed by atoms with E-state index in [1.165, 1.54) is 4.90 Å². The standard InChI is InChI=1S/C23H40N4O8/c1-6-14(2)20(23(3,4)5)27(18(30)13-28)12-10-15(24)21(33)25-11-9-17(29)26-16(22(34)35)7-8-19(31)32/h6,15-16,20,28H,7-13,24H2,1-5H3,(H,25,33)(H,26,29)(H,31,32)(H,34,35)/b14-6+. The van der Waals surface area contributed by atoms with Crippen LogP contribution in [0.1, 0.15) is 60.3 Å². The lowest BCUT2D eigenvalue weighted by Crippen LogP contribution is -2.51. The average Bonchev–Trinajstić information content (AvgIpc) is 2.76. The van der Waals surface area contributed by atoms with Crippen molar-refractivity contribution in [2.45, 2.75) is 78.4 Å². The van der Waals surface area contributed by atoms with Crippen LogP contribution in [0.25, 0.3) is 0 Å². The summed E-state index contributed by atoms with van der Waals surface area (Å²) >= 11 is 0. The predicted molar refractivity (Wildman–Crippen MR) is 128 cm³/mol. The smallest absolute Gasteiger partial charge is 0.326 e. The summed E-state index contributed by atoms with van der Waals surface area (Å²) in [5.41, 5.74) is 6.57. The number of carboxylic acid groups (broad SMARTS) is 2. The first-order chi connectivity index (χ1) is 16.1. The van der Waals surface area contributed by atoms with Crippen LogP contribution >= 0.6 is 0 Å². The number of nitrogens with two attached hydrogens (primary N) is 1. The van der Waals surface area contributed by atoms with Gasteiger partial charge in [-0.3, -0.25) is 19.2 Å². The molecule has 0 rings (SSSR count). The molecule has 3 atom stereocenters. The molecule has 0 saturated heterocycles. The molecule has 0 aliphatic carbocycles. The lowest BCUT2D eigenvalue weighted by atomic mass is 9.81. The quantitative estimate of drug-likeness (QED) is 0.165. The van der Waals surface area contributed by atoms with E-state index in [0.29, 0.717) is 0 Å². The van der Waals surface area contributed by atoms with E-state index in [2.05, 4.69) is 10.6 Å². The molecule has 3 unspecified atom stereocenters. The number of hydrogen-bond donors (Lipinski definition) is 6. The molecule has 0 bridgehead atoms. The van der Waals surface area contributed by atoms with Crippen LogP contribution < -0.4 is 16.4 Å². The molecule has 0 heterocycles. The molecule has 0 aliphatic heterocycles. The minimum atomic E-state index is -1.35. The summed E-state index contributed by atoms with van der Waals surface area (Å²) in [4.78, 5) is 60.0. The van der Waals surface area contributed by atoms with Gasteiger partial charge in [-0.05, 0) is 32.1 Å². The third-order valence-electron chi connectivity index (χ3n) is 5.42. The second kappa shape index (κ2) is 15.1. The van der Waals surface area contributed by atoms with Gasteiger partial charge < -0.3 is 36.6 Å². The number of aliphatic carboxylic acids is 2. The summed E-state index contributed by atoms with van der Waals surface area (Å²) in [5.74, 6) is -4.22. The van der Waals surface area contributed by atoms with Gasteiger partial charge in [-0.15, -0.1) is 0 Å². The zero-order valence-corrected chi connectivity index (χ0v) is 21.2. The highest BCUT2D eigenvalue weighted by molar-refractivity contribution is 5.85. The zero-order chi connectivity index (χ0) is 27.3. The van der Waals surface area contributed by atoms with Crippen LogP contribution in [-0.4, -0.2) is 87.7 Å². The summed E-state index contributed by atoms with van der Waals surface area (Å²) in [5, 5.41) is 31.9.